The maximum absolute atomic E-state index is 12.8. The van der Waals surface area contributed by atoms with E-state index in [4.69, 9.17) is 30.9 Å². The van der Waals surface area contributed by atoms with E-state index in [0.29, 0.717) is 36.8 Å². The average Bonchev–Trinajstić information content (AvgIpc) is 2.56. The maximum atomic E-state index is 12.8. The van der Waals surface area contributed by atoms with Crippen LogP contribution in [0.2, 0.25) is 5.02 Å². The summed E-state index contributed by atoms with van der Waals surface area (Å²) >= 11 is 6.20. The number of carboxylic acids is 1. The van der Waals surface area contributed by atoms with Crippen LogP contribution in [0.15, 0.2) is 12.1 Å². The molecule has 24 heavy (non-hydrogen) atoms. The van der Waals surface area contributed by atoms with Crippen LogP contribution in [0.1, 0.15) is 23.7 Å². The lowest BCUT2D eigenvalue weighted by Crippen LogP contribution is -2.49. The van der Waals surface area contributed by atoms with Crippen LogP contribution >= 0.6 is 11.6 Å². The number of benzene rings is 1. The van der Waals surface area contributed by atoms with Crippen molar-refractivity contribution in [2.45, 2.75) is 19.4 Å². The second-order valence-electron chi connectivity index (χ2n) is 5.25. The van der Waals surface area contributed by atoms with Gasteiger partial charge in [0.15, 0.2) is 11.5 Å². The second-order valence-corrected chi connectivity index (χ2v) is 5.65. The van der Waals surface area contributed by atoms with Crippen LogP contribution in [0, 0.1) is 0 Å². The van der Waals surface area contributed by atoms with Crippen LogP contribution in [-0.2, 0) is 9.53 Å². The summed E-state index contributed by atoms with van der Waals surface area (Å²) in [5.74, 6) is -0.559. The molecule has 1 N–H and O–H groups in total. The third kappa shape index (κ3) is 4.10. The smallest absolute Gasteiger partial charge is 0.305 e. The molecule has 2 rings (SSSR count). The van der Waals surface area contributed by atoms with Gasteiger partial charge >= 0.3 is 5.97 Å². The number of ether oxygens (including phenoxy) is 3. The van der Waals surface area contributed by atoms with Crippen molar-refractivity contribution < 1.29 is 28.9 Å². The summed E-state index contributed by atoms with van der Waals surface area (Å²) in [6.07, 6.45) is -0.173. The zero-order valence-corrected chi connectivity index (χ0v) is 14.3. The van der Waals surface area contributed by atoms with E-state index in [-0.39, 0.29) is 24.0 Å². The van der Waals surface area contributed by atoms with Crippen molar-refractivity contribution in [3.63, 3.8) is 0 Å². The predicted molar refractivity (Wildman–Crippen MR) is 87.1 cm³/mol. The number of amides is 1. The molecule has 0 aromatic heterocycles. The molecule has 7 nitrogen and oxygen atoms in total. The van der Waals surface area contributed by atoms with Crippen LogP contribution < -0.4 is 9.47 Å². The van der Waals surface area contributed by atoms with E-state index in [1.807, 2.05) is 6.92 Å². The number of hydrogen-bond acceptors (Lipinski definition) is 5. The molecule has 1 heterocycles. The number of methoxy groups -OCH3 is 1. The summed E-state index contributed by atoms with van der Waals surface area (Å²) in [6, 6.07) is 2.54. The quantitative estimate of drug-likeness (QED) is 0.838. The first-order valence-corrected chi connectivity index (χ1v) is 7.96. The molecule has 0 radical (unpaired) electrons. The van der Waals surface area contributed by atoms with Crippen LogP contribution in [-0.4, -0.2) is 61.4 Å². The molecule has 0 bridgehead atoms. The minimum Gasteiger partial charge on any atom is -0.493 e. The summed E-state index contributed by atoms with van der Waals surface area (Å²) in [5, 5.41) is 9.27. The van der Waals surface area contributed by atoms with Gasteiger partial charge < -0.3 is 24.2 Å². The molecule has 1 aliphatic rings. The van der Waals surface area contributed by atoms with Gasteiger partial charge in [-0.1, -0.05) is 11.6 Å². The Morgan fingerprint density at radius 1 is 1.46 bits per heavy atom. The van der Waals surface area contributed by atoms with Gasteiger partial charge in [0, 0.05) is 12.1 Å². The van der Waals surface area contributed by atoms with E-state index in [0.717, 1.165) is 0 Å². The van der Waals surface area contributed by atoms with Gasteiger partial charge in [0.1, 0.15) is 0 Å². The molecule has 1 aliphatic heterocycles. The maximum Gasteiger partial charge on any atom is 0.305 e. The molecule has 0 spiro atoms. The molecule has 0 aliphatic carbocycles. The molecule has 1 aromatic carbocycles. The zero-order valence-electron chi connectivity index (χ0n) is 13.6. The highest BCUT2D eigenvalue weighted by molar-refractivity contribution is 6.32. The lowest BCUT2D eigenvalue weighted by molar-refractivity contribution is -0.139. The predicted octanol–water partition coefficient (Wildman–Crippen LogP) is 2.06. The number of carboxylic acid groups (broad SMARTS) is 1. The molecule has 1 fully saturated rings. The lowest BCUT2D eigenvalue weighted by atomic mass is 10.1. The highest BCUT2D eigenvalue weighted by Crippen LogP contribution is 2.37. The van der Waals surface area contributed by atoms with E-state index in [9.17, 15) is 9.59 Å². The average molecular weight is 358 g/mol. The number of morpholine rings is 1. The number of hydrogen-bond donors (Lipinski definition) is 1. The highest BCUT2D eigenvalue weighted by atomic mass is 35.5. The molecule has 132 valence electrons. The lowest BCUT2D eigenvalue weighted by Gasteiger charge is -2.35. The van der Waals surface area contributed by atoms with E-state index < -0.39 is 12.0 Å². The number of carbonyl (C=O) groups is 2. The number of rotatable bonds is 6. The third-order valence-corrected chi connectivity index (χ3v) is 3.94. The van der Waals surface area contributed by atoms with Gasteiger partial charge in [-0.15, -0.1) is 0 Å². The fourth-order valence-corrected chi connectivity index (χ4v) is 2.85. The van der Waals surface area contributed by atoms with Gasteiger partial charge in [-0.3, -0.25) is 9.59 Å². The molecule has 1 aromatic rings. The Morgan fingerprint density at radius 2 is 2.21 bits per heavy atom. The molecule has 1 atom stereocenters. The fourth-order valence-electron chi connectivity index (χ4n) is 2.59. The topological polar surface area (TPSA) is 85.3 Å². The Kier molecular flexibility index (Phi) is 6.28. The first-order chi connectivity index (χ1) is 11.5. The number of carbonyl (C=O) groups excluding carboxylic acids is 1. The van der Waals surface area contributed by atoms with Crippen molar-refractivity contribution in [1.29, 1.82) is 0 Å². The summed E-state index contributed by atoms with van der Waals surface area (Å²) in [7, 11) is 1.46. The zero-order chi connectivity index (χ0) is 17.7. The van der Waals surface area contributed by atoms with E-state index in [1.54, 1.807) is 6.07 Å². The van der Waals surface area contributed by atoms with Gasteiger partial charge in [-0.05, 0) is 19.1 Å². The molecule has 1 amide bonds. The van der Waals surface area contributed by atoms with Crippen LogP contribution in [0.25, 0.3) is 0 Å². The van der Waals surface area contributed by atoms with Gasteiger partial charge in [0.05, 0.1) is 44.4 Å². The van der Waals surface area contributed by atoms with Crippen molar-refractivity contribution in [2.75, 3.05) is 33.5 Å². The van der Waals surface area contributed by atoms with Gasteiger partial charge in [-0.25, -0.2) is 0 Å². The van der Waals surface area contributed by atoms with Crippen LogP contribution in [0.4, 0.5) is 0 Å². The van der Waals surface area contributed by atoms with E-state index in [1.165, 1.54) is 18.1 Å². The number of aliphatic carboxylic acids is 1. The van der Waals surface area contributed by atoms with Crippen molar-refractivity contribution in [1.82, 2.24) is 4.90 Å². The monoisotopic (exact) mass is 357 g/mol. The third-order valence-electron chi connectivity index (χ3n) is 3.66. The van der Waals surface area contributed by atoms with Gasteiger partial charge in [0.25, 0.3) is 5.91 Å². The van der Waals surface area contributed by atoms with Crippen molar-refractivity contribution in [2.24, 2.45) is 0 Å². The minimum atomic E-state index is -0.981. The van der Waals surface area contributed by atoms with E-state index >= 15 is 0 Å². The molecule has 0 saturated carbocycles. The van der Waals surface area contributed by atoms with Crippen molar-refractivity contribution >= 4 is 23.5 Å². The Balaban J connectivity index is 2.30. The van der Waals surface area contributed by atoms with Crippen LogP contribution in [0.5, 0.6) is 11.5 Å². The SMILES string of the molecule is CCOc1c(Cl)cc(C(=O)N2CCOCC2CC(=O)O)cc1OC. The molecular formula is C16H20ClNO6. The number of nitrogens with zero attached hydrogens (tertiary/aromatic N) is 1. The summed E-state index contributed by atoms with van der Waals surface area (Å²) in [5.41, 5.74) is 0.317. The molecular weight excluding hydrogens is 338 g/mol. The Hall–Kier alpha value is -1.99. The summed E-state index contributed by atoms with van der Waals surface area (Å²) in [4.78, 5) is 25.3. The Morgan fingerprint density at radius 3 is 2.83 bits per heavy atom. The normalized spacial score (nSPS) is 17.5. The first-order valence-electron chi connectivity index (χ1n) is 7.58. The Bertz CT molecular complexity index is 621. The highest BCUT2D eigenvalue weighted by Gasteiger charge is 2.30. The van der Waals surface area contributed by atoms with E-state index in [2.05, 4.69) is 0 Å². The van der Waals surface area contributed by atoms with Crippen molar-refractivity contribution in [3.8, 4) is 11.5 Å². The van der Waals surface area contributed by atoms with Gasteiger partial charge in [0.2, 0.25) is 0 Å². The number of halogens is 1. The summed E-state index contributed by atoms with van der Waals surface area (Å²) in [6.45, 7) is 3.11. The fraction of sp³-hybridized carbons (Fsp3) is 0.500. The van der Waals surface area contributed by atoms with Crippen molar-refractivity contribution in [3.05, 3.63) is 22.7 Å². The largest absolute Gasteiger partial charge is 0.493 e. The minimum absolute atomic E-state index is 0.173. The first kappa shape index (κ1) is 18.4. The summed E-state index contributed by atoms with van der Waals surface area (Å²) < 4.78 is 16.0. The Labute approximate surface area is 145 Å². The molecule has 1 unspecified atom stereocenters. The van der Waals surface area contributed by atoms with Crippen LogP contribution in [0.3, 0.4) is 0 Å². The standard InChI is InChI=1S/C16H20ClNO6/c1-3-24-15-12(17)6-10(7-13(15)22-2)16(21)18-4-5-23-9-11(18)8-14(19)20/h6-7,11H,3-5,8-9H2,1-2H3,(H,19,20). The molecule has 1 saturated heterocycles. The second kappa shape index (κ2) is 8.21. The van der Waals surface area contributed by atoms with Gasteiger partial charge in [-0.2, -0.15) is 0 Å². The molecule has 8 heteroatoms.